The summed E-state index contributed by atoms with van der Waals surface area (Å²) in [6.07, 6.45) is 0. The van der Waals surface area contributed by atoms with E-state index in [2.05, 4.69) is 5.32 Å². The van der Waals surface area contributed by atoms with Crippen LogP contribution in [0.15, 0.2) is 48.5 Å². The highest BCUT2D eigenvalue weighted by molar-refractivity contribution is 6.06. The lowest BCUT2D eigenvalue weighted by Gasteiger charge is -2.06. The largest absolute Gasteiger partial charge is 0.366 e. The summed E-state index contributed by atoms with van der Waals surface area (Å²) in [5, 5.41) is 2.77. The predicted molar refractivity (Wildman–Crippen MR) is 74.1 cm³/mol. The smallest absolute Gasteiger partial charge is 0.255 e. The molecule has 0 spiro atoms. The summed E-state index contributed by atoms with van der Waals surface area (Å²) in [6.45, 7) is 1.95. The molecule has 0 aliphatic rings. The third kappa shape index (κ3) is 3.19. The van der Waals surface area contributed by atoms with E-state index in [0.717, 1.165) is 11.3 Å². The minimum absolute atomic E-state index is 0.270. The van der Waals surface area contributed by atoms with E-state index in [-0.39, 0.29) is 5.91 Å². The number of nitrogens with two attached hydrogens (primary N) is 1. The lowest BCUT2D eigenvalue weighted by molar-refractivity contribution is 0.1000. The summed E-state index contributed by atoms with van der Waals surface area (Å²) in [5.41, 5.74) is 7.68. The molecule has 2 rings (SSSR count). The number of hydrogen-bond donors (Lipinski definition) is 2. The SMILES string of the molecule is Cc1cccc(NC(=O)c2cccc(C(N)=O)c2)c1. The Balaban J connectivity index is 2.20. The van der Waals surface area contributed by atoms with Crippen LogP contribution in [-0.2, 0) is 0 Å². The van der Waals surface area contributed by atoms with E-state index >= 15 is 0 Å². The van der Waals surface area contributed by atoms with Crippen LogP contribution in [0, 0.1) is 6.92 Å². The summed E-state index contributed by atoms with van der Waals surface area (Å²) < 4.78 is 0. The van der Waals surface area contributed by atoms with Crippen LogP contribution in [-0.4, -0.2) is 11.8 Å². The number of carbonyl (C=O) groups is 2. The Morgan fingerprint density at radius 2 is 1.68 bits per heavy atom. The summed E-state index contributed by atoms with van der Waals surface area (Å²) in [7, 11) is 0. The number of carbonyl (C=O) groups excluding carboxylic acids is 2. The second-order valence-electron chi connectivity index (χ2n) is 4.27. The van der Waals surface area contributed by atoms with Gasteiger partial charge in [-0.25, -0.2) is 0 Å². The molecule has 4 nitrogen and oxygen atoms in total. The number of hydrogen-bond acceptors (Lipinski definition) is 2. The number of amides is 2. The normalized spacial score (nSPS) is 9.95. The van der Waals surface area contributed by atoms with Gasteiger partial charge in [0.25, 0.3) is 5.91 Å². The zero-order valence-corrected chi connectivity index (χ0v) is 10.5. The highest BCUT2D eigenvalue weighted by Gasteiger charge is 2.08. The molecule has 0 saturated heterocycles. The fourth-order valence-corrected chi connectivity index (χ4v) is 1.74. The van der Waals surface area contributed by atoms with Crippen molar-refractivity contribution in [3.05, 3.63) is 65.2 Å². The van der Waals surface area contributed by atoms with Gasteiger partial charge < -0.3 is 11.1 Å². The Bertz CT molecular complexity index is 636. The molecule has 0 atom stereocenters. The lowest BCUT2D eigenvalue weighted by Crippen LogP contribution is -2.15. The van der Waals surface area contributed by atoms with Crippen molar-refractivity contribution in [1.29, 1.82) is 0 Å². The molecule has 0 radical (unpaired) electrons. The topological polar surface area (TPSA) is 72.2 Å². The second-order valence-corrected chi connectivity index (χ2v) is 4.27. The number of nitrogens with one attached hydrogen (secondary N) is 1. The van der Waals surface area contributed by atoms with Crippen molar-refractivity contribution in [2.45, 2.75) is 6.92 Å². The van der Waals surface area contributed by atoms with E-state index in [4.69, 9.17) is 5.73 Å². The first-order chi connectivity index (χ1) is 9.06. The van der Waals surface area contributed by atoms with E-state index in [0.29, 0.717) is 11.1 Å². The number of benzene rings is 2. The first-order valence-corrected chi connectivity index (χ1v) is 5.84. The van der Waals surface area contributed by atoms with Gasteiger partial charge in [0.15, 0.2) is 0 Å². The monoisotopic (exact) mass is 254 g/mol. The summed E-state index contributed by atoms with van der Waals surface area (Å²) in [5.74, 6) is -0.820. The number of aryl methyl sites for hydroxylation is 1. The highest BCUT2D eigenvalue weighted by atomic mass is 16.2. The number of primary amides is 1. The maximum absolute atomic E-state index is 12.0. The van der Waals surface area contributed by atoms with Gasteiger partial charge in [0, 0.05) is 16.8 Å². The molecule has 2 amide bonds. The molecule has 2 aromatic carbocycles. The highest BCUT2D eigenvalue weighted by Crippen LogP contribution is 2.12. The van der Waals surface area contributed by atoms with Gasteiger partial charge in [-0.2, -0.15) is 0 Å². The fourth-order valence-electron chi connectivity index (χ4n) is 1.74. The molecular formula is C15H14N2O2. The molecule has 19 heavy (non-hydrogen) atoms. The maximum Gasteiger partial charge on any atom is 0.255 e. The molecule has 4 heteroatoms. The number of rotatable bonds is 3. The zero-order valence-electron chi connectivity index (χ0n) is 10.5. The molecule has 0 unspecified atom stereocenters. The van der Waals surface area contributed by atoms with Gasteiger partial charge in [0.05, 0.1) is 0 Å². The predicted octanol–water partition coefficient (Wildman–Crippen LogP) is 2.35. The zero-order chi connectivity index (χ0) is 13.8. The first kappa shape index (κ1) is 12.8. The molecule has 3 N–H and O–H groups in total. The quantitative estimate of drug-likeness (QED) is 0.882. The Morgan fingerprint density at radius 1 is 1.00 bits per heavy atom. The van der Waals surface area contributed by atoms with Crippen molar-refractivity contribution >= 4 is 17.5 Å². The van der Waals surface area contributed by atoms with Gasteiger partial charge >= 0.3 is 0 Å². The minimum atomic E-state index is -0.551. The molecular weight excluding hydrogens is 240 g/mol. The van der Waals surface area contributed by atoms with Gasteiger partial charge in [-0.05, 0) is 42.8 Å². The molecule has 0 fully saturated rings. The number of anilines is 1. The van der Waals surface area contributed by atoms with Gasteiger partial charge in [-0.15, -0.1) is 0 Å². The third-order valence-corrected chi connectivity index (χ3v) is 2.69. The van der Waals surface area contributed by atoms with Gasteiger partial charge in [0.2, 0.25) is 5.91 Å². The molecule has 0 aliphatic heterocycles. The van der Waals surface area contributed by atoms with Crippen molar-refractivity contribution in [3.8, 4) is 0 Å². The van der Waals surface area contributed by atoms with Crippen LogP contribution in [0.4, 0.5) is 5.69 Å². The van der Waals surface area contributed by atoms with Crippen LogP contribution < -0.4 is 11.1 Å². The molecule has 0 bridgehead atoms. The molecule has 0 heterocycles. The first-order valence-electron chi connectivity index (χ1n) is 5.84. The molecule has 96 valence electrons. The van der Waals surface area contributed by atoms with E-state index in [9.17, 15) is 9.59 Å². The molecule has 0 aromatic heterocycles. The Hall–Kier alpha value is -2.62. The summed E-state index contributed by atoms with van der Waals surface area (Å²) >= 11 is 0. The summed E-state index contributed by atoms with van der Waals surface area (Å²) in [6, 6.07) is 13.8. The van der Waals surface area contributed by atoms with Crippen molar-refractivity contribution < 1.29 is 9.59 Å². The Morgan fingerprint density at radius 3 is 2.37 bits per heavy atom. The Labute approximate surface area is 111 Å². The molecule has 0 aliphatic carbocycles. The maximum atomic E-state index is 12.0. The van der Waals surface area contributed by atoms with Crippen LogP contribution >= 0.6 is 0 Å². The van der Waals surface area contributed by atoms with Crippen LogP contribution in [0.5, 0.6) is 0 Å². The van der Waals surface area contributed by atoms with Crippen molar-refractivity contribution in [3.63, 3.8) is 0 Å². The average molecular weight is 254 g/mol. The fraction of sp³-hybridized carbons (Fsp3) is 0.0667. The lowest BCUT2D eigenvalue weighted by atomic mass is 10.1. The average Bonchev–Trinajstić information content (AvgIpc) is 2.39. The van der Waals surface area contributed by atoms with Crippen molar-refractivity contribution in [2.75, 3.05) is 5.32 Å². The molecule has 0 saturated carbocycles. The van der Waals surface area contributed by atoms with E-state index in [1.807, 2.05) is 31.2 Å². The summed E-state index contributed by atoms with van der Waals surface area (Å²) in [4.78, 5) is 23.1. The van der Waals surface area contributed by atoms with Gasteiger partial charge in [-0.1, -0.05) is 18.2 Å². The Kier molecular flexibility index (Phi) is 3.61. The minimum Gasteiger partial charge on any atom is -0.366 e. The van der Waals surface area contributed by atoms with Crippen molar-refractivity contribution in [1.82, 2.24) is 0 Å². The van der Waals surface area contributed by atoms with Gasteiger partial charge in [0.1, 0.15) is 0 Å². The third-order valence-electron chi connectivity index (χ3n) is 2.69. The van der Waals surface area contributed by atoms with E-state index < -0.39 is 5.91 Å². The van der Waals surface area contributed by atoms with Gasteiger partial charge in [-0.3, -0.25) is 9.59 Å². The van der Waals surface area contributed by atoms with Crippen LogP contribution in [0.3, 0.4) is 0 Å². The second kappa shape index (κ2) is 5.35. The standard InChI is InChI=1S/C15H14N2O2/c1-10-4-2-7-13(8-10)17-15(19)12-6-3-5-11(9-12)14(16)18/h2-9H,1H3,(H2,16,18)(H,17,19). The van der Waals surface area contributed by atoms with Crippen LogP contribution in [0.25, 0.3) is 0 Å². The molecule has 2 aromatic rings. The van der Waals surface area contributed by atoms with Crippen molar-refractivity contribution in [2.24, 2.45) is 5.73 Å². The van der Waals surface area contributed by atoms with E-state index in [1.54, 1.807) is 18.2 Å². The van der Waals surface area contributed by atoms with Crippen LogP contribution in [0.1, 0.15) is 26.3 Å². The van der Waals surface area contributed by atoms with E-state index in [1.165, 1.54) is 6.07 Å². The van der Waals surface area contributed by atoms with Crippen LogP contribution in [0.2, 0.25) is 0 Å².